The number of carbonyl (C=O) groups excluding carboxylic acids is 2. The van der Waals surface area contributed by atoms with Crippen LogP contribution < -0.4 is 11.1 Å². The predicted molar refractivity (Wildman–Crippen MR) is 106 cm³/mol. The molecule has 0 unspecified atom stereocenters. The molecule has 2 heterocycles. The summed E-state index contributed by atoms with van der Waals surface area (Å²) in [5, 5.41) is 6.80. The number of amides is 2. The number of carbonyl (C=O) groups is 2. The van der Waals surface area contributed by atoms with Crippen LogP contribution >= 0.6 is 0 Å². The second-order valence-corrected chi connectivity index (χ2v) is 9.28. The molecule has 2 aromatic rings. The van der Waals surface area contributed by atoms with Gasteiger partial charge in [0.15, 0.2) is 0 Å². The van der Waals surface area contributed by atoms with Gasteiger partial charge < -0.3 is 11.1 Å². The van der Waals surface area contributed by atoms with Crippen LogP contribution in [0.25, 0.3) is 0 Å². The number of nitrogens with two attached hydrogens (primary N) is 1. The van der Waals surface area contributed by atoms with Crippen molar-refractivity contribution in [1.82, 2.24) is 14.8 Å². The molecular formula is C21H25F2N5O2. The van der Waals surface area contributed by atoms with Crippen LogP contribution in [0.15, 0.2) is 18.3 Å². The fourth-order valence-corrected chi connectivity index (χ4v) is 4.97. The summed E-state index contributed by atoms with van der Waals surface area (Å²) in [6, 6.07) is 2.84. The molecule has 0 radical (unpaired) electrons. The number of hydrogen-bond donors (Lipinski definition) is 2. The van der Waals surface area contributed by atoms with Crippen molar-refractivity contribution in [2.45, 2.75) is 58.9 Å². The maximum atomic E-state index is 14.1. The second-order valence-electron chi connectivity index (χ2n) is 9.28. The van der Waals surface area contributed by atoms with Crippen LogP contribution in [0.2, 0.25) is 0 Å². The third-order valence-electron chi connectivity index (χ3n) is 6.18. The molecule has 0 aromatic carbocycles. The summed E-state index contributed by atoms with van der Waals surface area (Å²) in [5.41, 5.74) is 5.73. The van der Waals surface area contributed by atoms with Gasteiger partial charge in [-0.05, 0) is 55.6 Å². The largest absolute Gasteiger partial charge is 0.364 e. The zero-order valence-electron chi connectivity index (χ0n) is 17.3. The number of pyridine rings is 1. The summed E-state index contributed by atoms with van der Waals surface area (Å²) >= 11 is 0. The summed E-state index contributed by atoms with van der Waals surface area (Å²) in [6.45, 7) is 4.77. The van der Waals surface area contributed by atoms with Gasteiger partial charge in [-0.3, -0.25) is 19.3 Å². The van der Waals surface area contributed by atoms with E-state index in [-0.39, 0.29) is 22.4 Å². The van der Waals surface area contributed by atoms with E-state index in [1.165, 1.54) is 42.8 Å². The Hall–Kier alpha value is -2.84. The second kappa shape index (κ2) is 6.58. The van der Waals surface area contributed by atoms with E-state index in [2.05, 4.69) is 22.3 Å². The van der Waals surface area contributed by atoms with E-state index in [4.69, 9.17) is 5.73 Å². The fourth-order valence-electron chi connectivity index (χ4n) is 4.97. The van der Waals surface area contributed by atoms with Crippen molar-refractivity contribution in [1.29, 1.82) is 0 Å². The molecule has 2 aliphatic rings. The SMILES string of the molecule is Cc1c(C(C)(F)F)nn(CC2(C)CC3(CC3)C2)c1C(=O)Nc1ccnc(C(N)=O)c1. The van der Waals surface area contributed by atoms with Gasteiger partial charge in [-0.2, -0.15) is 13.9 Å². The van der Waals surface area contributed by atoms with E-state index in [0.29, 0.717) is 17.6 Å². The Morgan fingerprint density at radius 2 is 2.00 bits per heavy atom. The van der Waals surface area contributed by atoms with Crippen molar-refractivity contribution in [2.24, 2.45) is 16.6 Å². The first-order chi connectivity index (χ1) is 13.9. The van der Waals surface area contributed by atoms with Gasteiger partial charge in [0.2, 0.25) is 0 Å². The Morgan fingerprint density at radius 3 is 2.57 bits per heavy atom. The minimum Gasteiger partial charge on any atom is -0.364 e. The molecule has 0 bridgehead atoms. The highest BCUT2D eigenvalue weighted by molar-refractivity contribution is 6.04. The van der Waals surface area contributed by atoms with Crippen molar-refractivity contribution < 1.29 is 18.4 Å². The number of nitrogens with zero attached hydrogens (tertiary/aromatic N) is 3. The van der Waals surface area contributed by atoms with E-state index < -0.39 is 23.4 Å². The molecule has 2 aliphatic carbocycles. The normalized spacial score (nSPS) is 18.7. The minimum atomic E-state index is -3.17. The minimum absolute atomic E-state index is 0.00415. The third kappa shape index (κ3) is 3.68. The fraction of sp³-hybridized carbons (Fsp3) is 0.524. The Kier molecular flexibility index (Phi) is 4.48. The van der Waals surface area contributed by atoms with E-state index in [9.17, 15) is 18.4 Å². The molecule has 0 saturated heterocycles. The Morgan fingerprint density at radius 1 is 1.33 bits per heavy atom. The molecule has 2 amide bonds. The first kappa shape index (κ1) is 20.4. The standard InChI is InChI=1S/C21H25F2N5O2/c1-12-15(18(30)26-13-4-7-25-14(8-13)17(24)29)28(27-16(12)20(3,22)23)11-19(2)9-21(10-19)5-6-21/h4,7-8H,5-6,9-11H2,1-3H3,(H2,24,29)(H,25,26,30). The summed E-state index contributed by atoms with van der Waals surface area (Å²) in [6.07, 6.45) is 5.82. The molecule has 7 nitrogen and oxygen atoms in total. The highest BCUT2D eigenvalue weighted by atomic mass is 19.3. The van der Waals surface area contributed by atoms with Crippen molar-refractivity contribution in [2.75, 3.05) is 5.32 Å². The van der Waals surface area contributed by atoms with E-state index in [0.717, 1.165) is 19.8 Å². The van der Waals surface area contributed by atoms with Crippen molar-refractivity contribution in [3.05, 3.63) is 41.0 Å². The van der Waals surface area contributed by atoms with Gasteiger partial charge >= 0.3 is 0 Å². The molecule has 4 rings (SSSR count). The first-order valence-electron chi connectivity index (χ1n) is 9.94. The van der Waals surface area contributed by atoms with Gasteiger partial charge in [0.1, 0.15) is 17.1 Å². The lowest BCUT2D eigenvalue weighted by molar-refractivity contribution is 0.00834. The number of halogens is 2. The summed E-state index contributed by atoms with van der Waals surface area (Å²) < 4.78 is 29.7. The molecule has 3 N–H and O–H groups in total. The van der Waals surface area contributed by atoms with Gasteiger partial charge in [0, 0.05) is 30.9 Å². The lowest BCUT2D eigenvalue weighted by Crippen LogP contribution is -2.40. The number of primary amides is 1. The summed E-state index contributed by atoms with van der Waals surface area (Å²) in [5.74, 6) is -4.47. The maximum Gasteiger partial charge on any atom is 0.289 e. The lowest BCUT2D eigenvalue weighted by atomic mass is 9.60. The van der Waals surface area contributed by atoms with E-state index >= 15 is 0 Å². The molecule has 0 aliphatic heterocycles. The Labute approximate surface area is 173 Å². The third-order valence-corrected chi connectivity index (χ3v) is 6.18. The summed E-state index contributed by atoms with van der Waals surface area (Å²) in [7, 11) is 0. The van der Waals surface area contributed by atoms with Gasteiger partial charge in [-0.25, -0.2) is 0 Å². The monoisotopic (exact) mass is 417 g/mol. The number of alkyl halides is 2. The molecule has 160 valence electrons. The number of anilines is 1. The smallest absolute Gasteiger partial charge is 0.289 e. The van der Waals surface area contributed by atoms with Crippen LogP contribution in [0, 0.1) is 17.8 Å². The van der Waals surface area contributed by atoms with E-state index in [1.54, 1.807) is 0 Å². The van der Waals surface area contributed by atoms with Crippen LogP contribution in [0.1, 0.15) is 71.8 Å². The lowest BCUT2D eigenvalue weighted by Gasteiger charge is -2.46. The molecule has 2 saturated carbocycles. The number of rotatable bonds is 6. The van der Waals surface area contributed by atoms with Crippen LogP contribution in [0.5, 0.6) is 0 Å². The van der Waals surface area contributed by atoms with Crippen LogP contribution in [0.4, 0.5) is 14.5 Å². The predicted octanol–water partition coefficient (Wildman–Crippen LogP) is 3.63. The number of aromatic nitrogens is 3. The number of nitrogens with one attached hydrogen (secondary N) is 1. The first-order valence-corrected chi connectivity index (χ1v) is 9.94. The molecule has 0 atom stereocenters. The van der Waals surface area contributed by atoms with Crippen molar-refractivity contribution in [3.8, 4) is 0 Å². The maximum absolute atomic E-state index is 14.1. The van der Waals surface area contributed by atoms with Gasteiger partial charge in [-0.15, -0.1) is 0 Å². The number of hydrogen-bond acceptors (Lipinski definition) is 4. The van der Waals surface area contributed by atoms with Crippen molar-refractivity contribution in [3.63, 3.8) is 0 Å². The molecule has 2 fully saturated rings. The average molecular weight is 417 g/mol. The zero-order valence-corrected chi connectivity index (χ0v) is 17.3. The van der Waals surface area contributed by atoms with Gasteiger partial charge in [0.05, 0.1) is 0 Å². The topological polar surface area (TPSA) is 103 Å². The van der Waals surface area contributed by atoms with E-state index in [1.807, 2.05) is 0 Å². The van der Waals surface area contributed by atoms with Crippen LogP contribution in [0.3, 0.4) is 0 Å². The molecular weight excluding hydrogens is 392 g/mol. The Balaban J connectivity index is 1.65. The van der Waals surface area contributed by atoms with Gasteiger partial charge in [-0.1, -0.05) is 6.92 Å². The zero-order chi connectivity index (χ0) is 21.9. The molecule has 1 spiro atoms. The van der Waals surface area contributed by atoms with Crippen LogP contribution in [-0.4, -0.2) is 26.6 Å². The summed E-state index contributed by atoms with van der Waals surface area (Å²) in [4.78, 5) is 28.2. The van der Waals surface area contributed by atoms with Crippen molar-refractivity contribution >= 4 is 17.5 Å². The molecule has 2 aromatic heterocycles. The highest BCUT2D eigenvalue weighted by Crippen LogP contribution is 2.68. The molecule has 9 heteroatoms. The highest BCUT2D eigenvalue weighted by Gasteiger charge is 2.58. The quantitative estimate of drug-likeness (QED) is 0.749. The van der Waals surface area contributed by atoms with Crippen LogP contribution in [-0.2, 0) is 12.5 Å². The molecule has 30 heavy (non-hydrogen) atoms. The van der Waals surface area contributed by atoms with Gasteiger partial charge in [0.25, 0.3) is 17.7 Å². The average Bonchev–Trinajstić information content (AvgIpc) is 3.29. The Bertz CT molecular complexity index is 1030.